The van der Waals surface area contributed by atoms with Gasteiger partial charge in [-0.15, -0.1) is 0 Å². The van der Waals surface area contributed by atoms with Crippen LogP contribution in [0.4, 0.5) is 0 Å². The van der Waals surface area contributed by atoms with Gasteiger partial charge in [-0.2, -0.15) is 0 Å². The molecular weight excluding hydrogens is 160 g/mol. The van der Waals surface area contributed by atoms with Crippen LogP contribution in [0.25, 0.3) is 0 Å². The van der Waals surface area contributed by atoms with Crippen molar-refractivity contribution in [3.05, 3.63) is 0 Å². The molecule has 0 rings (SSSR count). The highest BCUT2D eigenvalue weighted by molar-refractivity contribution is 4.78. The first-order valence-corrected chi connectivity index (χ1v) is 5.48. The largest absolute Gasteiger partial charge is 0.319 e. The Bertz CT molecular complexity index is 121. The van der Waals surface area contributed by atoms with Crippen LogP contribution in [-0.2, 0) is 0 Å². The van der Waals surface area contributed by atoms with Crippen molar-refractivity contribution in [1.29, 1.82) is 0 Å². The molecule has 0 bridgehead atoms. The Kier molecular flexibility index (Phi) is 6.35. The van der Waals surface area contributed by atoms with E-state index in [9.17, 15) is 0 Å². The van der Waals surface area contributed by atoms with E-state index >= 15 is 0 Å². The molecule has 0 saturated heterocycles. The molecule has 1 atom stereocenters. The van der Waals surface area contributed by atoms with E-state index in [1.54, 1.807) is 0 Å². The number of nitrogens with zero attached hydrogens (tertiary/aromatic N) is 1. The monoisotopic (exact) mass is 186 g/mol. The standard InChI is InChI=1S/C11H26N2/c1-6-11(4,9-12-5)10-13(7-2)8-3/h12H,6-10H2,1-5H3. The molecule has 0 aromatic carbocycles. The summed E-state index contributed by atoms with van der Waals surface area (Å²) in [6, 6.07) is 0. The molecule has 0 heterocycles. The van der Waals surface area contributed by atoms with Gasteiger partial charge in [0.25, 0.3) is 0 Å². The van der Waals surface area contributed by atoms with Gasteiger partial charge >= 0.3 is 0 Å². The summed E-state index contributed by atoms with van der Waals surface area (Å²) < 4.78 is 0. The fraction of sp³-hybridized carbons (Fsp3) is 1.00. The first-order valence-electron chi connectivity index (χ1n) is 5.48. The van der Waals surface area contributed by atoms with Crippen molar-refractivity contribution in [2.24, 2.45) is 5.41 Å². The zero-order valence-electron chi connectivity index (χ0n) is 9.98. The first-order chi connectivity index (χ1) is 6.11. The molecule has 0 aliphatic heterocycles. The van der Waals surface area contributed by atoms with Crippen LogP contribution < -0.4 is 5.32 Å². The maximum absolute atomic E-state index is 3.29. The molecule has 0 aromatic rings. The van der Waals surface area contributed by atoms with E-state index in [1.165, 1.54) is 13.0 Å². The number of nitrogens with one attached hydrogen (secondary N) is 1. The summed E-state index contributed by atoms with van der Waals surface area (Å²) in [4.78, 5) is 2.50. The minimum atomic E-state index is 0.431. The molecule has 1 unspecified atom stereocenters. The maximum Gasteiger partial charge on any atom is 0.00471 e. The van der Waals surface area contributed by atoms with Crippen LogP contribution in [0.5, 0.6) is 0 Å². The molecule has 2 heteroatoms. The third kappa shape index (κ3) is 4.63. The fourth-order valence-corrected chi connectivity index (χ4v) is 1.71. The van der Waals surface area contributed by atoms with Crippen LogP contribution in [0.1, 0.15) is 34.1 Å². The normalized spacial score (nSPS) is 16.2. The summed E-state index contributed by atoms with van der Waals surface area (Å²) in [5.74, 6) is 0. The van der Waals surface area contributed by atoms with E-state index in [1.807, 2.05) is 7.05 Å². The minimum absolute atomic E-state index is 0.431. The second kappa shape index (κ2) is 6.39. The van der Waals surface area contributed by atoms with Gasteiger partial charge in [-0.1, -0.05) is 27.7 Å². The number of hydrogen-bond donors (Lipinski definition) is 1. The second-order valence-electron chi connectivity index (χ2n) is 4.16. The SMILES string of the molecule is CCN(CC)CC(C)(CC)CNC. The minimum Gasteiger partial charge on any atom is -0.319 e. The molecule has 80 valence electrons. The second-order valence-corrected chi connectivity index (χ2v) is 4.16. The third-order valence-corrected chi connectivity index (χ3v) is 2.96. The smallest absolute Gasteiger partial charge is 0.00471 e. The highest BCUT2D eigenvalue weighted by Crippen LogP contribution is 2.21. The lowest BCUT2D eigenvalue weighted by Crippen LogP contribution is -2.41. The molecule has 13 heavy (non-hydrogen) atoms. The van der Waals surface area contributed by atoms with E-state index in [0.717, 1.165) is 19.6 Å². The van der Waals surface area contributed by atoms with Crippen molar-refractivity contribution in [2.45, 2.75) is 34.1 Å². The predicted octanol–water partition coefficient (Wildman–Crippen LogP) is 1.96. The molecule has 2 nitrogen and oxygen atoms in total. The third-order valence-electron chi connectivity index (χ3n) is 2.96. The molecule has 0 aromatic heterocycles. The topological polar surface area (TPSA) is 15.3 Å². The summed E-state index contributed by atoms with van der Waals surface area (Å²) in [6.07, 6.45) is 1.24. The predicted molar refractivity (Wildman–Crippen MR) is 60.1 cm³/mol. The average Bonchev–Trinajstić information content (AvgIpc) is 2.15. The Morgan fingerprint density at radius 3 is 2.00 bits per heavy atom. The Labute approximate surface area is 83.7 Å². The van der Waals surface area contributed by atoms with Crippen molar-refractivity contribution in [3.63, 3.8) is 0 Å². The summed E-state index contributed by atoms with van der Waals surface area (Å²) in [7, 11) is 2.04. The van der Waals surface area contributed by atoms with E-state index in [0.29, 0.717) is 5.41 Å². The summed E-state index contributed by atoms with van der Waals surface area (Å²) >= 11 is 0. The summed E-state index contributed by atoms with van der Waals surface area (Å²) in [5.41, 5.74) is 0.431. The van der Waals surface area contributed by atoms with Crippen LogP contribution >= 0.6 is 0 Å². The molecule has 0 aliphatic rings. The van der Waals surface area contributed by atoms with Gasteiger partial charge in [0.1, 0.15) is 0 Å². The lowest BCUT2D eigenvalue weighted by Gasteiger charge is -2.33. The zero-order chi connectivity index (χ0) is 10.3. The van der Waals surface area contributed by atoms with Crippen molar-refractivity contribution in [1.82, 2.24) is 10.2 Å². The summed E-state index contributed by atoms with van der Waals surface area (Å²) in [5, 5.41) is 3.29. The lowest BCUT2D eigenvalue weighted by atomic mass is 9.87. The average molecular weight is 186 g/mol. The Morgan fingerprint density at radius 1 is 1.15 bits per heavy atom. The number of rotatable bonds is 7. The molecule has 0 amide bonds. The van der Waals surface area contributed by atoms with Crippen LogP contribution in [0.3, 0.4) is 0 Å². The van der Waals surface area contributed by atoms with Crippen LogP contribution in [0.15, 0.2) is 0 Å². The van der Waals surface area contributed by atoms with Gasteiger partial charge in [-0.3, -0.25) is 0 Å². The van der Waals surface area contributed by atoms with Crippen molar-refractivity contribution < 1.29 is 0 Å². The molecule has 0 radical (unpaired) electrons. The molecule has 0 saturated carbocycles. The Balaban J connectivity index is 4.07. The molecule has 0 fully saturated rings. The van der Waals surface area contributed by atoms with Crippen molar-refractivity contribution in [2.75, 3.05) is 33.2 Å². The Morgan fingerprint density at radius 2 is 1.69 bits per heavy atom. The lowest BCUT2D eigenvalue weighted by molar-refractivity contribution is 0.169. The molecular formula is C11H26N2. The van der Waals surface area contributed by atoms with E-state index in [4.69, 9.17) is 0 Å². The van der Waals surface area contributed by atoms with Gasteiger partial charge in [0.2, 0.25) is 0 Å². The highest BCUT2D eigenvalue weighted by atomic mass is 15.1. The van der Waals surface area contributed by atoms with Crippen LogP contribution in [0, 0.1) is 5.41 Å². The van der Waals surface area contributed by atoms with E-state index in [-0.39, 0.29) is 0 Å². The Hall–Kier alpha value is -0.0800. The van der Waals surface area contributed by atoms with Gasteiger partial charge < -0.3 is 10.2 Å². The number of hydrogen-bond acceptors (Lipinski definition) is 2. The zero-order valence-corrected chi connectivity index (χ0v) is 9.98. The van der Waals surface area contributed by atoms with Gasteiger partial charge in [0, 0.05) is 13.1 Å². The van der Waals surface area contributed by atoms with Crippen molar-refractivity contribution >= 4 is 0 Å². The molecule has 0 aliphatic carbocycles. The fourth-order valence-electron chi connectivity index (χ4n) is 1.71. The van der Waals surface area contributed by atoms with Crippen LogP contribution in [-0.4, -0.2) is 38.1 Å². The highest BCUT2D eigenvalue weighted by Gasteiger charge is 2.23. The first kappa shape index (κ1) is 12.9. The van der Waals surface area contributed by atoms with Gasteiger partial charge in [0.15, 0.2) is 0 Å². The van der Waals surface area contributed by atoms with Gasteiger partial charge in [0.05, 0.1) is 0 Å². The van der Waals surface area contributed by atoms with E-state index in [2.05, 4.69) is 37.9 Å². The quantitative estimate of drug-likeness (QED) is 0.654. The van der Waals surface area contributed by atoms with Crippen LogP contribution in [0.2, 0.25) is 0 Å². The maximum atomic E-state index is 3.29. The van der Waals surface area contributed by atoms with E-state index < -0.39 is 0 Å². The van der Waals surface area contributed by atoms with Gasteiger partial charge in [-0.05, 0) is 32.0 Å². The molecule has 1 N–H and O–H groups in total. The van der Waals surface area contributed by atoms with Gasteiger partial charge in [-0.25, -0.2) is 0 Å². The van der Waals surface area contributed by atoms with Crippen molar-refractivity contribution in [3.8, 4) is 0 Å². The summed E-state index contributed by atoms with van der Waals surface area (Å²) in [6.45, 7) is 13.8. The molecule has 0 spiro atoms.